The van der Waals surface area contributed by atoms with Crippen molar-refractivity contribution in [1.29, 1.82) is 0 Å². The number of pyridine rings is 1. The number of carboxylic acids is 1. The van der Waals surface area contributed by atoms with Gasteiger partial charge in [0.1, 0.15) is 12.3 Å². The molecular formula is C23H26FN6O6Y-. The van der Waals surface area contributed by atoms with Gasteiger partial charge in [-0.1, -0.05) is 12.5 Å². The van der Waals surface area contributed by atoms with Gasteiger partial charge in [0.15, 0.2) is 5.96 Å². The number of aliphatic imine (C=N–C) groups is 1. The molecule has 195 valence electrons. The van der Waals surface area contributed by atoms with Crippen molar-refractivity contribution in [3.05, 3.63) is 53.3 Å². The topological polar surface area (TPSA) is 185 Å². The minimum absolute atomic E-state index is 0. The Kier molecular flexibility index (Phi) is 11.3. The minimum Gasteiger partial charge on any atom is -0.534 e. The SMILES string of the molecule is Cc1c[c-]c(O)c(C(CC(=O)O)NC(=O)CNC(=O)c2cncc(NC3=NC[C@@H](O)[C@H](F)CN3)c2)c1.[Y]. The van der Waals surface area contributed by atoms with Crippen molar-refractivity contribution in [2.24, 2.45) is 4.99 Å². The number of carbonyl (C=O) groups is 3. The van der Waals surface area contributed by atoms with E-state index in [0.29, 0.717) is 11.3 Å². The van der Waals surface area contributed by atoms with Crippen LogP contribution >= 0.6 is 0 Å². The summed E-state index contributed by atoms with van der Waals surface area (Å²) in [6.07, 6.45) is -0.501. The van der Waals surface area contributed by atoms with E-state index >= 15 is 0 Å². The molecule has 2 heterocycles. The summed E-state index contributed by atoms with van der Waals surface area (Å²) in [5.74, 6) is -2.57. The quantitative estimate of drug-likeness (QED) is 0.208. The van der Waals surface area contributed by atoms with Crippen molar-refractivity contribution in [1.82, 2.24) is 20.9 Å². The summed E-state index contributed by atoms with van der Waals surface area (Å²) in [4.78, 5) is 44.2. The van der Waals surface area contributed by atoms with Crippen molar-refractivity contribution in [2.75, 3.05) is 25.0 Å². The van der Waals surface area contributed by atoms with Crippen LogP contribution in [0.5, 0.6) is 5.75 Å². The van der Waals surface area contributed by atoms with Gasteiger partial charge in [0, 0.05) is 50.7 Å². The molecule has 1 aliphatic rings. The van der Waals surface area contributed by atoms with E-state index in [4.69, 9.17) is 0 Å². The molecule has 0 spiro atoms. The van der Waals surface area contributed by atoms with E-state index in [2.05, 4.69) is 37.3 Å². The number of carbonyl (C=O) groups excluding carboxylic acids is 2. The van der Waals surface area contributed by atoms with Crippen LogP contribution in [0.2, 0.25) is 0 Å². The average molecular weight is 590 g/mol. The number of guanidine groups is 1. The van der Waals surface area contributed by atoms with Crippen LogP contribution in [0.4, 0.5) is 10.1 Å². The number of aliphatic hydroxyl groups excluding tert-OH is 1. The molecule has 1 aliphatic heterocycles. The average Bonchev–Trinajstić information content (AvgIpc) is 2.99. The third-order valence-corrected chi connectivity index (χ3v) is 5.17. The zero-order chi connectivity index (χ0) is 26.2. The Bertz CT molecular complexity index is 1170. The first kappa shape index (κ1) is 30.1. The Morgan fingerprint density at radius 3 is 2.78 bits per heavy atom. The Balaban J connectivity index is 0.00000481. The van der Waals surface area contributed by atoms with E-state index in [9.17, 15) is 34.1 Å². The van der Waals surface area contributed by atoms with Crippen molar-refractivity contribution < 1.29 is 66.8 Å². The standard InChI is InChI=1S/C23H26FN6O6.Y/c1-12-2-3-18(31)15(4-12)17(6-21(34)35)30-20(33)11-26-22(36)13-5-14(8-25-7-13)29-23-27-9-16(24)19(32)10-28-23;/h2,4-5,7-8,16-17,19,31-32H,6,9-11H2,1H3,(H,26,36)(H,30,33)(H,34,35)(H2,27,28,29);/q-1;/t16-,17?,19-;/m1./s1. The fourth-order valence-electron chi connectivity index (χ4n) is 3.35. The number of hydrogen-bond acceptors (Lipinski definition) is 9. The number of anilines is 1. The van der Waals surface area contributed by atoms with E-state index in [1.54, 1.807) is 13.0 Å². The molecule has 0 aliphatic carbocycles. The summed E-state index contributed by atoms with van der Waals surface area (Å²) < 4.78 is 13.6. The number of aryl methyl sites for hydroxylation is 1. The number of amides is 2. The van der Waals surface area contributed by atoms with Crippen LogP contribution in [0.3, 0.4) is 0 Å². The summed E-state index contributed by atoms with van der Waals surface area (Å²) in [7, 11) is 0. The van der Waals surface area contributed by atoms with E-state index in [0.717, 1.165) is 0 Å². The van der Waals surface area contributed by atoms with Gasteiger partial charge in [0.05, 0.1) is 43.5 Å². The summed E-state index contributed by atoms with van der Waals surface area (Å²) in [5.41, 5.74) is 1.38. The Morgan fingerprint density at radius 2 is 2.05 bits per heavy atom. The summed E-state index contributed by atoms with van der Waals surface area (Å²) in [6.45, 7) is 0.986. The molecule has 1 unspecified atom stereocenters. The van der Waals surface area contributed by atoms with Gasteiger partial charge in [-0.3, -0.25) is 24.4 Å². The number of nitrogens with one attached hydrogen (secondary N) is 4. The van der Waals surface area contributed by atoms with Crippen LogP contribution in [-0.2, 0) is 42.3 Å². The van der Waals surface area contributed by atoms with Gasteiger partial charge in [-0.15, -0.1) is 6.07 Å². The molecule has 1 aromatic heterocycles. The number of aromatic nitrogens is 1. The molecule has 2 amide bonds. The second-order valence-electron chi connectivity index (χ2n) is 8.12. The van der Waals surface area contributed by atoms with E-state index < -0.39 is 49.1 Å². The monoisotopic (exact) mass is 590 g/mol. The zero-order valence-corrected chi connectivity index (χ0v) is 22.7. The second-order valence-corrected chi connectivity index (χ2v) is 8.12. The van der Waals surface area contributed by atoms with Gasteiger partial charge < -0.3 is 36.6 Å². The molecule has 1 radical (unpaired) electrons. The van der Waals surface area contributed by atoms with E-state index in [-0.39, 0.29) is 68.6 Å². The molecule has 0 saturated carbocycles. The Labute approximate surface area is 237 Å². The molecule has 0 bridgehead atoms. The molecule has 3 atom stereocenters. The van der Waals surface area contributed by atoms with Gasteiger partial charge >= 0.3 is 5.97 Å². The van der Waals surface area contributed by atoms with Crippen LogP contribution in [0.25, 0.3) is 0 Å². The minimum atomic E-state index is -1.47. The van der Waals surface area contributed by atoms with Gasteiger partial charge in [-0.05, 0) is 6.07 Å². The number of nitrogens with zero attached hydrogens (tertiary/aromatic N) is 2. The van der Waals surface area contributed by atoms with E-state index in [1.807, 2.05) is 0 Å². The van der Waals surface area contributed by atoms with Crippen LogP contribution in [0.1, 0.15) is 33.9 Å². The maximum atomic E-state index is 13.6. The molecule has 0 fully saturated rings. The fraction of sp³-hybridized carbons (Fsp3) is 0.348. The predicted octanol–water partition coefficient (Wildman–Crippen LogP) is 0.0254. The first-order valence-electron chi connectivity index (χ1n) is 11.0. The normalized spacial score (nSPS) is 17.6. The van der Waals surface area contributed by atoms with Crippen molar-refractivity contribution >= 4 is 29.4 Å². The molecule has 0 saturated heterocycles. The third kappa shape index (κ3) is 9.02. The molecular weight excluding hydrogens is 564 g/mol. The summed E-state index contributed by atoms with van der Waals surface area (Å²) in [5, 5.41) is 39.3. The van der Waals surface area contributed by atoms with Gasteiger partial charge in [-0.2, -0.15) is 17.7 Å². The number of alkyl halides is 1. The Hall–Kier alpha value is -3.16. The van der Waals surface area contributed by atoms with Crippen LogP contribution in [0, 0.1) is 13.0 Å². The number of halogens is 1. The van der Waals surface area contributed by atoms with Crippen LogP contribution in [0.15, 0.2) is 35.6 Å². The fourth-order valence-corrected chi connectivity index (χ4v) is 3.35. The number of aliphatic carboxylic acids is 1. The number of benzene rings is 1. The van der Waals surface area contributed by atoms with Crippen molar-refractivity contribution in [3.63, 3.8) is 0 Å². The molecule has 12 nitrogen and oxygen atoms in total. The largest absolute Gasteiger partial charge is 0.534 e. The number of hydrogen-bond donors (Lipinski definition) is 7. The number of rotatable bonds is 8. The van der Waals surface area contributed by atoms with Gasteiger partial charge in [0.25, 0.3) is 5.91 Å². The second kappa shape index (κ2) is 14.0. The van der Waals surface area contributed by atoms with Crippen LogP contribution < -0.4 is 21.3 Å². The molecule has 7 N–H and O–H groups in total. The first-order valence-corrected chi connectivity index (χ1v) is 11.0. The number of phenols is 1. The molecule has 37 heavy (non-hydrogen) atoms. The maximum absolute atomic E-state index is 13.6. The number of aliphatic hydroxyl groups is 1. The third-order valence-electron chi connectivity index (χ3n) is 5.17. The molecule has 14 heteroatoms. The number of phenolic OH excluding ortho intramolecular Hbond substituents is 1. The summed E-state index contributed by atoms with van der Waals surface area (Å²) in [6, 6.07) is 6.07. The number of carboxylic acid groups (broad SMARTS) is 1. The molecule has 3 rings (SSSR count). The van der Waals surface area contributed by atoms with Crippen molar-refractivity contribution in [3.8, 4) is 5.75 Å². The maximum Gasteiger partial charge on any atom is 0.304 e. The zero-order valence-electron chi connectivity index (χ0n) is 19.9. The predicted molar refractivity (Wildman–Crippen MR) is 126 cm³/mol. The number of aromatic hydroxyl groups is 1. The smallest absolute Gasteiger partial charge is 0.304 e. The first-order chi connectivity index (χ1) is 17.1. The van der Waals surface area contributed by atoms with E-state index in [1.165, 1.54) is 24.5 Å². The molecule has 2 aromatic rings. The van der Waals surface area contributed by atoms with Crippen molar-refractivity contribution in [2.45, 2.75) is 31.7 Å². The van der Waals surface area contributed by atoms with Gasteiger partial charge in [0.2, 0.25) is 5.91 Å². The summed E-state index contributed by atoms with van der Waals surface area (Å²) >= 11 is 0. The van der Waals surface area contributed by atoms with Crippen LogP contribution in [-0.4, -0.2) is 76.0 Å². The Morgan fingerprint density at radius 1 is 1.30 bits per heavy atom. The van der Waals surface area contributed by atoms with Gasteiger partial charge in [-0.25, -0.2) is 4.39 Å². The molecule has 1 aromatic carbocycles.